The molecular formula is C17H21NO2. The Morgan fingerprint density at radius 3 is 2.50 bits per heavy atom. The van der Waals surface area contributed by atoms with Gasteiger partial charge < -0.3 is 14.8 Å². The molecule has 0 aromatic heterocycles. The third kappa shape index (κ3) is 3.11. The molecule has 0 saturated carbocycles. The maximum atomic E-state index is 5.50. The lowest BCUT2D eigenvalue weighted by molar-refractivity contribution is 0.356. The second-order valence-corrected chi connectivity index (χ2v) is 4.52. The molecule has 3 heteroatoms. The van der Waals surface area contributed by atoms with Crippen molar-refractivity contribution in [2.24, 2.45) is 0 Å². The van der Waals surface area contributed by atoms with Gasteiger partial charge in [0.05, 0.1) is 14.2 Å². The lowest BCUT2D eigenvalue weighted by atomic mass is 10.0. The van der Waals surface area contributed by atoms with Crippen LogP contribution in [0.2, 0.25) is 0 Å². The van der Waals surface area contributed by atoms with Crippen molar-refractivity contribution in [1.29, 1.82) is 0 Å². The highest BCUT2D eigenvalue weighted by Gasteiger charge is 2.11. The van der Waals surface area contributed by atoms with Crippen LogP contribution in [-0.4, -0.2) is 20.8 Å². The smallest absolute Gasteiger partial charge is 0.168 e. The van der Waals surface area contributed by atoms with Gasteiger partial charge in [-0.25, -0.2) is 0 Å². The summed E-state index contributed by atoms with van der Waals surface area (Å²) >= 11 is 0. The molecule has 0 unspecified atom stereocenters. The van der Waals surface area contributed by atoms with Crippen LogP contribution in [0.4, 0.5) is 0 Å². The normalized spacial score (nSPS) is 10.3. The fourth-order valence-electron chi connectivity index (χ4n) is 2.23. The highest BCUT2D eigenvalue weighted by atomic mass is 16.5. The minimum absolute atomic E-state index is 0.752. The third-order valence-corrected chi connectivity index (χ3v) is 3.22. The summed E-state index contributed by atoms with van der Waals surface area (Å²) in [5, 5.41) is 3.34. The van der Waals surface area contributed by atoms with E-state index in [0.717, 1.165) is 35.7 Å². The van der Waals surface area contributed by atoms with Crippen LogP contribution in [0.15, 0.2) is 42.5 Å². The number of benzene rings is 2. The van der Waals surface area contributed by atoms with Crippen LogP contribution in [0.5, 0.6) is 11.5 Å². The maximum Gasteiger partial charge on any atom is 0.168 e. The second-order valence-electron chi connectivity index (χ2n) is 4.52. The van der Waals surface area contributed by atoms with E-state index in [4.69, 9.17) is 9.47 Å². The lowest BCUT2D eigenvalue weighted by Crippen LogP contribution is -2.11. The van der Waals surface area contributed by atoms with Gasteiger partial charge in [0.25, 0.3) is 0 Å². The Labute approximate surface area is 120 Å². The van der Waals surface area contributed by atoms with Crippen molar-refractivity contribution < 1.29 is 9.47 Å². The average molecular weight is 271 g/mol. The van der Waals surface area contributed by atoms with E-state index in [0.29, 0.717) is 0 Å². The molecule has 0 aliphatic heterocycles. The fourth-order valence-corrected chi connectivity index (χ4v) is 2.23. The van der Waals surface area contributed by atoms with Crippen molar-refractivity contribution in [3.8, 4) is 22.6 Å². The highest BCUT2D eigenvalue weighted by molar-refractivity contribution is 5.74. The summed E-state index contributed by atoms with van der Waals surface area (Å²) in [5.41, 5.74) is 3.44. The van der Waals surface area contributed by atoms with Crippen LogP contribution >= 0.6 is 0 Å². The molecule has 1 N–H and O–H groups in total. The van der Waals surface area contributed by atoms with Gasteiger partial charge in [-0.05, 0) is 29.8 Å². The Balaban J connectivity index is 2.40. The van der Waals surface area contributed by atoms with E-state index in [1.165, 1.54) is 5.56 Å². The Kier molecular flexibility index (Phi) is 5.02. The molecule has 3 nitrogen and oxygen atoms in total. The van der Waals surface area contributed by atoms with E-state index in [1.807, 2.05) is 18.2 Å². The minimum atomic E-state index is 0.752. The molecule has 106 valence electrons. The van der Waals surface area contributed by atoms with Gasteiger partial charge in [0.1, 0.15) is 0 Å². The largest absolute Gasteiger partial charge is 0.493 e. The number of nitrogens with one attached hydrogen (secondary N) is 1. The monoisotopic (exact) mass is 271 g/mol. The summed E-state index contributed by atoms with van der Waals surface area (Å²) in [5.74, 6) is 1.53. The van der Waals surface area contributed by atoms with E-state index in [2.05, 4.69) is 36.5 Å². The summed E-state index contributed by atoms with van der Waals surface area (Å²) in [6.07, 6.45) is 0. The molecule has 0 atom stereocenters. The number of hydrogen-bond donors (Lipinski definition) is 1. The minimum Gasteiger partial charge on any atom is -0.493 e. The van der Waals surface area contributed by atoms with Crippen LogP contribution in [-0.2, 0) is 6.54 Å². The molecule has 2 aromatic carbocycles. The van der Waals surface area contributed by atoms with Gasteiger partial charge in [-0.2, -0.15) is 0 Å². The van der Waals surface area contributed by atoms with E-state index in [1.54, 1.807) is 14.2 Å². The second kappa shape index (κ2) is 6.96. The van der Waals surface area contributed by atoms with Gasteiger partial charge >= 0.3 is 0 Å². The topological polar surface area (TPSA) is 30.5 Å². The molecule has 0 heterocycles. The Hall–Kier alpha value is -2.00. The first-order chi connectivity index (χ1) is 9.80. The van der Waals surface area contributed by atoms with Gasteiger partial charge in [-0.15, -0.1) is 0 Å². The summed E-state index contributed by atoms with van der Waals surface area (Å²) < 4.78 is 10.9. The third-order valence-electron chi connectivity index (χ3n) is 3.22. The molecule has 20 heavy (non-hydrogen) atoms. The van der Waals surface area contributed by atoms with Crippen LogP contribution in [0.1, 0.15) is 12.5 Å². The predicted octanol–water partition coefficient (Wildman–Crippen LogP) is 3.48. The van der Waals surface area contributed by atoms with Crippen molar-refractivity contribution in [1.82, 2.24) is 5.32 Å². The van der Waals surface area contributed by atoms with Crippen LogP contribution < -0.4 is 14.8 Å². The Morgan fingerprint density at radius 1 is 1.00 bits per heavy atom. The summed E-state index contributed by atoms with van der Waals surface area (Å²) in [7, 11) is 3.33. The standard InChI is InChI=1S/C17H21NO2/c1-4-18-12-13-7-5-8-14(11-13)15-9-6-10-16(19-2)17(15)20-3/h5-11,18H,4,12H2,1-3H3. The van der Waals surface area contributed by atoms with Crippen molar-refractivity contribution >= 4 is 0 Å². The molecule has 0 bridgehead atoms. The van der Waals surface area contributed by atoms with E-state index in [-0.39, 0.29) is 0 Å². The SMILES string of the molecule is CCNCc1cccc(-c2cccc(OC)c2OC)c1. The quantitative estimate of drug-likeness (QED) is 0.872. The van der Waals surface area contributed by atoms with Crippen LogP contribution in [0.25, 0.3) is 11.1 Å². The van der Waals surface area contributed by atoms with Crippen LogP contribution in [0, 0.1) is 0 Å². The number of methoxy groups -OCH3 is 2. The van der Waals surface area contributed by atoms with Gasteiger partial charge in [0, 0.05) is 12.1 Å². The van der Waals surface area contributed by atoms with Gasteiger partial charge in [-0.1, -0.05) is 37.3 Å². The molecule has 0 spiro atoms. The summed E-state index contributed by atoms with van der Waals surface area (Å²) in [6, 6.07) is 14.4. The Morgan fingerprint density at radius 2 is 1.80 bits per heavy atom. The number of rotatable bonds is 6. The van der Waals surface area contributed by atoms with Crippen molar-refractivity contribution in [2.45, 2.75) is 13.5 Å². The number of para-hydroxylation sites is 1. The van der Waals surface area contributed by atoms with Crippen molar-refractivity contribution in [3.63, 3.8) is 0 Å². The van der Waals surface area contributed by atoms with E-state index >= 15 is 0 Å². The predicted molar refractivity (Wildman–Crippen MR) is 82.4 cm³/mol. The molecule has 0 fully saturated rings. The zero-order valence-corrected chi connectivity index (χ0v) is 12.3. The first-order valence-electron chi connectivity index (χ1n) is 6.81. The molecular weight excluding hydrogens is 250 g/mol. The fraction of sp³-hybridized carbons (Fsp3) is 0.294. The molecule has 0 aliphatic rings. The molecule has 0 radical (unpaired) electrons. The Bertz CT molecular complexity index is 567. The summed E-state index contributed by atoms with van der Waals surface area (Å²) in [4.78, 5) is 0. The molecule has 0 amide bonds. The van der Waals surface area contributed by atoms with Gasteiger partial charge in [0.2, 0.25) is 0 Å². The zero-order chi connectivity index (χ0) is 14.4. The maximum absolute atomic E-state index is 5.50. The number of hydrogen-bond acceptors (Lipinski definition) is 3. The van der Waals surface area contributed by atoms with Crippen LogP contribution in [0.3, 0.4) is 0 Å². The highest BCUT2D eigenvalue weighted by Crippen LogP contribution is 2.37. The van der Waals surface area contributed by atoms with Gasteiger partial charge in [0.15, 0.2) is 11.5 Å². The molecule has 0 saturated heterocycles. The van der Waals surface area contributed by atoms with Crippen molar-refractivity contribution in [3.05, 3.63) is 48.0 Å². The molecule has 2 rings (SSSR count). The van der Waals surface area contributed by atoms with E-state index < -0.39 is 0 Å². The lowest BCUT2D eigenvalue weighted by Gasteiger charge is -2.13. The van der Waals surface area contributed by atoms with Crippen molar-refractivity contribution in [2.75, 3.05) is 20.8 Å². The zero-order valence-electron chi connectivity index (χ0n) is 12.3. The molecule has 0 aliphatic carbocycles. The molecule has 2 aromatic rings. The first-order valence-corrected chi connectivity index (χ1v) is 6.81. The van der Waals surface area contributed by atoms with E-state index in [9.17, 15) is 0 Å². The number of ether oxygens (including phenoxy) is 2. The average Bonchev–Trinajstić information content (AvgIpc) is 2.52. The summed E-state index contributed by atoms with van der Waals surface area (Å²) in [6.45, 7) is 3.94. The van der Waals surface area contributed by atoms with Gasteiger partial charge in [-0.3, -0.25) is 0 Å². The first kappa shape index (κ1) is 14.4.